The topological polar surface area (TPSA) is 46.5 Å². The molecule has 1 aromatic rings. The Morgan fingerprint density at radius 2 is 1.48 bits per heavy atom. The molecule has 0 heterocycles. The number of hydrogen-bond donors (Lipinski definition) is 1. The fourth-order valence-corrected chi connectivity index (χ4v) is 4.42. The molecule has 0 aliphatic heterocycles. The molecule has 0 saturated carbocycles. The normalized spacial score (nSPS) is 13.6. The lowest BCUT2D eigenvalue weighted by Gasteiger charge is -2.28. The standard InChI is InChI=1S/C25H42O3S/c1-17(2)12-10-11-13-22(28-18(3)26)29-16-19-14-20(24(4,5)6)23(27)21(15-19)25(7,8)9/h14-15,17,22,27H,10-13,16H2,1-9H3. The number of aromatic hydroxyl groups is 1. The van der Waals surface area contributed by atoms with Gasteiger partial charge in [-0.2, -0.15) is 0 Å². The summed E-state index contributed by atoms with van der Waals surface area (Å²) in [6.07, 6.45) is 4.32. The number of hydrogen-bond acceptors (Lipinski definition) is 4. The summed E-state index contributed by atoms with van der Waals surface area (Å²) in [6, 6.07) is 4.22. The van der Waals surface area contributed by atoms with Gasteiger partial charge in [0.2, 0.25) is 0 Å². The lowest BCUT2D eigenvalue weighted by molar-refractivity contribution is -0.142. The highest BCUT2D eigenvalue weighted by molar-refractivity contribution is 7.99. The van der Waals surface area contributed by atoms with Crippen molar-refractivity contribution in [1.82, 2.24) is 0 Å². The lowest BCUT2D eigenvalue weighted by atomic mass is 9.78. The van der Waals surface area contributed by atoms with Gasteiger partial charge < -0.3 is 9.84 Å². The van der Waals surface area contributed by atoms with Crippen LogP contribution < -0.4 is 0 Å². The van der Waals surface area contributed by atoms with Crippen molar-refractivity contribution < 1.29 is 14.6 Å². The molecule has 0 amide bonds. The van der Waals surface area contributed by atoms with Crippen LogP contribution >= 0.6 is 11.8 Å². The van der Waals surface area contributed by atoms with E-state index in [2.05, 4.69) is 67.5 Å². The van der Waals surface area contributed by atoms with Crippen LogP contribution in [0.1, 0.15) is 105 Å². The molecule has 0 aromatic heterocycles. The van der Waals surface area contributed by atoms with Gasteiger partial charge in [-0.3, -0.25) is 4.79 Å². The van der Waals surface area contributed by atoms with E-state index in [4.69, 9.17) is 4.74 Å². The smallest absolute Gasteiger partial charge is 0.303 e. The van der Waals surface area contributed by atoms with Gasteiger partial charge in [0.1, 0.15) is 11.2 Å². The summed E-state index contributed by atoms with van der Waals surface area (Å²) in [5.41, 5.74) is 2.71. The summed E-state index contributed by atoms with van der Waals surface area (Å²) in [7, 11) is 0. The van der Waals surface area contributed by atoms with E-state index in [1.54, 1.807) is 11.8 Å². The van der Waals surface area contributed by atoms with Crippen LogP contribution in [0.5, 0.6) is 5.75 Å². The van der Waals surface area contributed by atoms with E-state index >= 15 is 0 Å². The maximum absolute atomic E-state index is 11.6. The summed E-state index contributed by atoms with van der Waals surface area (Å²) < 4.78 is 5.57. The Labute approximate surface area is 183 Å². The van der Waals surface area contributed by atoms with Gasteiger partial charge in [0.25, 0.3) is 0 Å². The van der Waals surface area contributed by atoms with E-state index in [1.807, 2.05) is 0 Å². The summed E-state index contributed by atoms with van der Waals surface area (Å²) >= 11 is 1.68. The molecule has 1 atom stereocenters. The maximum Gasteiger partial charge on any atom is 0.303 e. The molecule has 4 heteroatoms. The minimum absolute atomic E-state index is 0.121. The number of phenols is 1. The van der Waals surface area contributed by atoms with Crippen molar-refractivity contribution in [3.63, 3.8) is 0 Å². The molecular formula is C25H42O3S. The quantitative estimate of drug-likeness (QED) is 0.257. The van der Waals surface area contributed by atoms with E-state index in [1.165, 1.54) is 18.9 Å². The highest BCUT2D eigenvalue weighted by atomic mass is 32.2. The van der Waals surface area contributed by atoms with Crippen LogP contribution in [0.25, 0.3) is 0 Å². The fraction of sp³-hybridized carbons (Fsp3) is 0.720. The molecule has 0 aliphatic rings. The van der Waals surface area contributed by atoms with Crippen LogP contribution in [0.3, 0.4) is 0 Å². The number of rotatable bonds is 9. The monoisotopic (exact) mass is 422 g/mol. The molecule has 1 rings (SSSR count). The van der Waals surface area contributed by atoms with E-state index < -0.39 is 0 Å². The third kappa shape index (κ3) is 9.02. The van der Waals surface area contributed by atoms with Crippen molar-refractivity contribution in [2.75, 3.05) is 0 Å². The summed E-state index contributed by atoms with van der Waals surface area (Å²) in [5, 5.41) is 10.9. The fourth-order valence-electron chi connectivity index (χ4n) is 3.34. The number of ether oxygens (including phenoxy) is 1. The molecule has 0 aliphatic carbocycles. The molecule has 0 fully saturated rings. The number of carbonyl (C=O) groups excluding carboxylic acids is 1. The summed E-state index contributed by atoms with van der Waals surface area (Å²) in [6.45, 7) is 18.7. The highest BCUT2D eigenvalue weighted by Gasteiger charge is 2.26. The van der Waals surface area contributed by atoms with Gasteiger partial charge in [0, 0.05) is 12.7 Å². The van der Waals surface area contributed by atoms with Crippen molar-refractivity contribution in [3.05, 3.63) is 28.8 Å². The first-order valence-corrected chi connectivity index (χ1v) is 11.9. The van der Waals surface area contributed by atoms with Crippen LogP contribution in [-0.4, -0.2) is 16.5 Å². The molecule has 29 heavy (non-hydrogen) atoms. The van der Waals surface area contributed by atoms with Crippen molar-refractivity contribution in [1.29, 1.82) is 0 Å². The molecule has 3 nitrogen and oxygen atoms in total. The van der Waals surface area contributed by atoms with E-state index in [-0.39, 0.29) is 22.2 Å². The van der Waals surface area contributed by atoms with E-state index in [9.17, 15) is 9.90 Å². The molecule has 1 N–H and O–H groups in total. The van der Waals surface area contributed by atoms with Crippen LogP contribution in [0.15, 0.2) is 12.1 Å². The van der Waals surface area contributed by atoms with E-state index in [0.717, 1.165) is 36.1 Å². The molecule has 0 spiro atoms. The Balaban J connectivity index is 2.99. The predicted molar refractivity (Wildman–Crippen MR) is 126 cm³/mol. The Bertz CT molecular complexity index is 631. The summed E-state index contributed by atoms with van der Waals surface area (Å²) in [4.78, 5) is 11.6. The second kappa shape index (κ2) is 10.7. The first-order valence-electron chi connectivity index (χ1n) is 10.9. The Morgan fingerprint density at radius 3 is 1.90 bits per heavy atom. The van der Waals surface area contributed by atoms with Crippen LogP contribution in [0.4, 0.5) is 0 Å². The Kier molecular flexibility index (Phi) is 9.59. The van der Waals surface area contributed by atoms with Crippen molar-refractivity contribution >= 4 is 17.7 Å². The van der Waals surface area contributed by atoms with E-state index in [0.29, 0.717) is 11.7 Å². The van der Waals surface area contributed by atoms with Crippen molar-refractivity contribution in [2.45, 2.75) is 110 Å². The number of unbranched alkanes of at least 4 members (excludes halogenated alkanes) is 1. The van der Waals surface area contributed by atoms with Gasteiger partial charge >= 0.3 is 5.97 Å². The highest BCUT2D eigenvalue weighted by Crippen LogP contribution is 2.40. The zero-order valence-electron chi connectivity index (χ0n) is 20.0. The van der Waals surface area contributed by atoms with Gasteiger partial charge in [0.05, 0.1) is 0 Å². The molecule has 0 radical (unpaired) electrons. The SMILES string of the molecule is CC(=O)OC(CCCCC(C)C)SCc1cc(C(C)(C)C)c(O)c(C(C)(C)C)c1. The third-order valence-corrected chi connectivity index (χ3v) is 6.19. The van der Waals surface area contributed by atoms with Gasteiger partial charge in [-0.25, -0.2) is 0 Å². The first-order chi connectivity index (χ1) is 13.2. The number of phenolic OH excluding ortho intramolecular Hbond substituents is 1. The minimum atomic E-state index is -0.220. The second-order valence-electron chi connectivity index (χ2n) is 10.6. The number of carbonyl (C=O) groups is 1. The molecule has 1 unspecified atom stereocenters. The zero-order chi connectivity index (χ0) is 22.4. The number of esters is 1. The van der Waals surface area contributed by atoms with Crippen LogP contribution in [0, 0.1) is 5.92 Å². The third-order valence-electron chi connectivity index (χ3n) is 4.99. The second-order valence-corrected chi connectivity index (χ2v) is 11.7. The van der Waals surface area contributed by atoms with Gasteiger partial charge in [-0.1, -0.05) is 80.4 Å². The average Bonchev–Trinajstić information content (AvgIpc) is 2.54. The Hall–Kier alpha value is -1.16. The predicted octanol–water partition coefficient (Wildman–Crippen LogP) is 7.33. The number of thioether (sulfide) groups is 1. The first kappa shape index (κ1) is 25.9. The zero-order valence-corrected chi connectivity index (χ0v) is 20.8. The molecule has 0 bridgehead atoms. The number of benzene rings is 1. The van der Waals surface area contributed by atoms with Crippen molar-refractivity contribution in [2.24, 2.45) is 5.92 Å². The van der Waals surface area contributed by atoms with Gasteiger partial charge in [0.15, 0.2) is 0 Å². The Morgan fingerprint density at radius 1 is 1.00 bits per heavy atom. The molecular weight excluding hydrogens is 380 g/mol. The minimum Gasteiger partial charge on any atom is -0.507 e. The molecule has 166 valence electrons. The van der Waals surface area contributed by atoms with Gasteiger partial charge in [-0.05, 0) is 46.3 Å². The lowest BCUT2D eigenvalue weighted by Crippen LogP contribution is -2.18. The largest absolute Gasteiger partial charge is 0.507 e. The molecule has 0 saturated heterocycles. The molecule has 1 aromatic carbocycles. The summed E-state index contributed by atoms with van der Waals surface area (Å²) in [5.74, 6) is 1.65. The maximum atomic E-state index is 11.6. The van der Waals surface area contributed by atoms with Crippen LogP contribution in [-0.2, 0) is 26.1 Å². The van der Waals surface area contributed by atoms with Crippen LogP contribution in [0.2, 0.25) is 0 Å². The van der Waals surface area contributed by atoms with Crippen molar-refractivity contribution in [3.8, 4) is 5.75 Å². The van der Waals surface area contributed by atoms with Gasteiger partial charge in [-0.15, -0.1) is 11.8 Å². The average molecular weight is 423 g/mol.